The number of halogens is 2. The minimum absolute atomic E-state index is 0.00829. The summed E-state index contributed by atoms with van der Waals surface area (Å²) in [5.41, 5.74) is 6.06. The molecule has 1 aromatic rings. The molecule has 2 atom stereocenters. The standard InChI is InChI=1S/C14H18F2N2O/c15-10-5-6-12(16)9(7-10)8-18-14(19)11-3-1-2-4-13(11)17/h5-7,11,13H,1-4,8,17H2,(H,18,19). The average Bonchev–Trinajstić information content (AvgIpc) is 2.40. The third-order valence-corrected chi connectivity index (χ3v) is 3.62. The molecule has 5 heteroatoms. The summed E-state index contributed by atoms with van der Waals surface area (Å²) in [7, 11) is 0. The molecule has 104 valence electrons. The molecule has 1 amide bonds. The van der Waals surface area contributed by atoms with Crippen molar-refractivity contribution in [3.63, 3.8) is 0 Å². The lowest BCUT2D eigenvalue weighted by Crippen LogP contribution is -2.43. The van der Waals surface area contributed by atoms with Gasteiger partial charge in [0.1, 0.15) is 11.6 Å². The van der Waals surface area contributed by atoms with Crippen LogP contribution in [-0.4, -0.2) is 11.9 Å². The Hall–Kier alpha value is -1.49. The summed E-state index contributed by atoms with van der Waals surface area (Å²) in [4.78, 5) is 12.0. The van der Waals surface area contributed by atoms with Crippen LogP contribution >= 0.6 is 0 Å². The van der Waals surface area contributed by atoms with E-state index in [1.54, 1.807) is 0 Å². The lowest BCUT2D eigenvalue weighted by molar-refractivity contribution is -0.126. The minimum atomic E-state index is -0.519. The van der Waals surface area contributed by atoms with E-state index in [9.17, 15) is 13.6 Å². The molecule has 3 N–H and O–H groups in total. The van der Waals surface area contributed by atoms with Gasteiger partial charge in [0.15, 0.2) is 0 Å². The first-order valence-corrected chi connectivity index (χ1v) is 6.55. The van der Waals surface area contributed by atoms with Gasteiger partial charge in [-0.15, -0.1) is 0 Å². The maximum atomic E-state index is 13.4. The van der Waals surface area contributed by atoms with Crippen molar-refractivity contribution >= 4 is 5.91 Å². The Morgan fingerprint density at radius 3 is 2.79 bits per heavy atom. The fourth-order valence-electron chi connectivity index (χ4n) is 2.48. The molecule has 1 aliphatic rings. The number of rotatable bonds is 3. The van der Waals surface area contributed by atoms with Crippen molar-refractivity contribution in [2.75, 3.05) is 0 Å². The number of carbonyl (C=O) groups excluding carboxylic acids is 1. The van der Waals surface area contributed by atoms with Crippen molar-refractivity contribution < 1.29 is 13.6 Å². The van der Waals surface area contributed by atoms with E-state index in [1.807, 2.05) is 0 Å². The summed E-state index contributed by atoms with van der Waals surface area (Å²) in [5, 5.41) is 2.64. The van der Waals surface area contributed by atoms with Crippen LogP contribution in [0.3, 0.4) is 0 Å². The van der Waals surface area contributed by atoms with Crippen molar-refractivity contribution in [3.05, 3.63) is 35.4 Å². The molecule has 1 fully saturated rings. The van der Waals surface area contributed by atoms with Crippen molar-refractivity contribution in [2.45, 2.75) is 38.3 Å². The highest BCUT2D eigenvalue weighted by Crippen LogP contribution is 2.23. The van der Waals surface area contributed by atoms with Gasteiger partial charge >= 0.3 is 0 Å². The second kappa shape index (κ2) is 6.10. The fourth-order valence-corrected chi connectivity index (χ4v) is 2.48. The van der Waals surface area contributed by atoms with Gasteiger partial charge in [-0.3, -0.25) is 4.79 Å². The van der Waals surface area contributed by atoms with E-state index < -0.39 is 11.6 Å². The van der Waals surface area contributed by atoms with E-state index in [4.69, 9.17) is 5.73 Å². The van der Waals surface area contributed by atoms with Crippen LogP contribution < -0.4 is 11.1 Å². The molecule has 2 unspecified atom stereocenters. The second-order valence-electron chi connectivity index (χ2n) is 5.01. The molecule has 0 heterocycles. The van der Waals surface area contributed by atoms with Gasteiger partial charge in [-0.1, -0.05) is 12.8 Å². The van der Waals surface area contributed by atoms with Gasteiger partial charge < -0.3 is 11.1 Å². The van der Waals surface area contributed by atoms with E-state index in [0.29, 0.717) is 0 Å². The summed E-state index contributed by atoms with van der Waals surface area (Å²) in [6, 6.07) is 3.07. The summed E-state index contributed by atoms with van der Waals surface area (Å²) < 4.78 is 26.4. The number of carbonyl (C=O) groups is 1. The number of benzene rings is 1. The van der Waals surface area contributed by atoms with Gasteiger partial charge in [0.2, 0.25) is 5.91 Å². The van der Waals surface area contributed by atoms with Crippen LogP contribution in [0.1, 0.15) is 31.2 Å². The maximum absolute atomic E-state index is 13.4. The van der Waals surface area contributed by atoms with E-state index in [2.05, 4.69) is 5.32 Å². The molecule has 19 heavy (non-hydrogen) atoms. The monoisotopic (exact) mass is 268 g/mol. The topological polar surface area (TPSA) is 55.1 Å². The third-order valence-electron chi connectivity index (χ3n) is 3.62. The number of nitrogens with one attached hydrogen (secondary N) is 1. The lowest BCUT2D eigenvalue weighted by Gasteiger charge is -2.27. The number of hydrogen-bond donors (Lipinski definition) is 2. The van der Waals surface area contributed by atoms with Gasteiger partial charge in [0.25, 0.3) is 0 Å². The first kappa shape index (κ1) is 13.9. The smallest absolute Gasteiger partial charge is 0.224 e. The SMILES string of the molecule is NC1CCCCC1C(=O)NCc1cc(F)ccc1F. The highest BCUT2D eigenvalue weighted by atomic mass is 19.1. The Balaban J connectivity index is 1.94. The van der Waals surface area contributed by atoms with E-state index in [-0.39, 0.29) is 30.0 Å². The van der Waals surface area contributed by atoms with E-state index in [0.717, 1.165) is 43.9 Å². The highest BCUT2D eigenvalue weighted by Gasteiger charge is 2.27. The van der Waals surface area contributed by atoms with Crippen molar-refractivity contribution in [1.29, 1.82) is 0 Å². The van der Waals surface area contributed by atoms with Gasteiger partial charge in [-0.25, -0.2) is 8.78 Å². The van der Waals surface area contributed by atoms with Crippen molar-refractivity contribution in [1.82, 2.24) is 5.32 Å². The van der Waals surface area contributed by atoms with Crippen LogP contribution in [0.15, 0.2) is 18.2 Å². The molecule has 1 saturated carbocycles. The van der Waals surface area contributed by atoms with E-state index in [1.165, 1.54) is 0 Å². The Labute approximate surface area is 111 Å². The maximum Gasteiger partial charge on any atom is 0.224 e. The molecule has 3 nitrogen and oxygen atoms in total. The van der Waals surface area contributed by atoms with Crippen LogP contribution in [0, 0.1) is 17.6 Å². The predicted octanol–water partition coefficient (Wildman–Crippen LogP) is 2.10. The van der Waals surface area contributed by atoms with Crippen LogP contribution in [0.2, 0.25) is 0 Å². The number of nitrogens with two attached hydrogens (primary N) is 1. The molecule has 2 rings (SSSR count). The predicted molar refractivity (Wildman–Crippen MR) is 68.1 cm³/mol. The Morgan fingerprint density at radius 1 is 1.32 bits per heavy atom. The highest BCUT2D eigenvalue weighted by molar-refractivity contribution is 5.79. The first-order valence-electron chi connectivity index (χ1n) is 6.55. The van der Waals surface area contributed by atoms with Gasteiger partial charge in [-0.2, -0.15) is 0 Å². The molecular formula is C14H18F2N2O. The normalized spacial score (nSPS) is 23.1. The Morgan fingerprint density at radius 2 is 2.05 bits per heavy atom. The van der Waals surface area contributed by atoms with Crippen molar-refractivity contribution in [2.24, 2.45) is 11.7 Å². The van der Waals surface area contributed by atoms with Crippen LogP contribution in [-0.2, 0) is 11.3 Å². The summed E-state index contributed by atoms with van der Waals surface area (Å²) in [6.07, 6.45) is 3.63. The number of amides is 1. The van der Waals surface area contributed by atoms with Crippen LogP contribution in [0.25, 0.3) is 0 Å². The summed E-state index contributed by atoms with van der Waals surface area (Å²) in [6.45, 7) is -0.00829. The molecule has 0 aliphatic heterocycles. The quantitative estimate of drug-likeness (QED) is 0.882. The lowest BCUT2D eigenvalue weighted by atomic mass is 9.84. The second-order valence-corrected chi connectivity index (χ2v) is 5.01. The van der Waals surface area contributed by atoms with E-state index >= 15 is 0 Å². The van der Waals surface area contributed by atoms with Gasteiger partial charge in [-0.05, 0) is 31.0 Å². The Bertz CT molecular complexity index is 465. The molecule has 0 spiro atoms. The summed E-state index contributed by atoms with van der Waals surface area (Å²) >= 11 is 0. The summed E-state index contributed by atoms with van der Waals surface area (Å²) in [5.74, 6) is -1.42. The zero-order valence-electron chi connectivity index (χ0n) is 10.7. The molecular weight excluding hydrogens is 250 g/mol. The third kappa shape index (κ3) is 3.50. The molecule has 0 bridgehead atoms. The zero-order chi connectivity index (χ0) is 13.8. The van der Waals surface area contributed by atoms with Gasteiger partial charge in [0.05, 0.1) is 5.92 Å². The minimum Gasteiger partial charge on any atom is -0.352 e. The molecule has 1 aliphatic carbocycles. The molecule has 0 radical (unpaired) electrons. The molecule has 0 aromatic heterocycles. The van der Waals surface area contributed by atoms with Gasteiger partial charge in [0, 0.05) is 18.2 Å². The molecule has 1 aromatic carbocycles. The Kier molecular flexibility index (Phi) is 4.47. The first-order chi connectivity index (χ1) is 9.08. The number of hydrogen-bond acceptors (Lipinski definition) is 2. The fraction of sp³-hybridized carbons (Fsp3) is 0.500. The zero-order valence-corrected chi connectivity index (χ0v) is 10.7. The molecule has 0 saturated heterocycles. The van der Waals surface area contributed by atoms with Crippen LogP contribution in [0.5, 0.6) is 0 Å². The average molecular weight is 268 g/mol. The van der Waals surface area contributed by atoms with Crippen LogP contribution in [0.4, 0.5) is 8.78 Å². The largest absolute Gasteiger partial charge is 0.352 e. The van der Waals surface area contributed by atoms with Crippen molar-refractivity contribution in [3.8, 4) is 0 Å².